The van der Waals surface area contributed by atoms with Gasteiger partial charge in [0.05, 0.1) is 4.88 Å². The topological polar surface area (TPSA) is 47.6 Å². The summed E-state index contributed by atoms with van der Waals surface area (Å²) in [5, 5.41) is 2.98. The van der Waals surface area contributed by atoms with Crippen molar-refractivity contribution in [1.82, 2.24) is 5.32 Å². The Morgan fingerprint density at radius 1 is 1.22 bits per heavy atom. The number of thiophene rings is 1. The first-order chi connectivity index (χ1) is 11.2. The molecule has 2 heterocycles. The van der Waals surface area contributed by atoms with Crippen molar-refractivity contribution in [3.05, 3.63) is 45.1 Å². The molecule has 5 heteroatoms. The van der Waals surface area contributed by atoms with E-state index in [0.717, 1.165) is 34.8 Å². The van der Waals surface area contributed by atoms with Crippen LogP contribution in [0, 0.1) is 6.92 Å². The fraction of sp³-hybridized carbons (Fsp3) is 0.389. The monoisotopic (exact) mass is 331 g/mol. The molecule has 0 fully saturated rings. The van der Waals surface area contributed by atoms with E-state index in [1.54, 1.807) is 11.3 Å². The summed E-state index contributed by atoms with van der Waals surface area (Å²) in [7, 11) is 0. The molecule has 1 aromatic carbocycles. The molecule has 0 saturated heterocycles. The van der Waals surface area contributed by atoms with Gasteiger partial charge in [-0.1, -0.05) is 19.4 Å². The first-order valence-corrected chi connectivity index (χ1v) is 8.75. The van der Waals surface area contributed by atoms with E-state index in [1.807, 2.05) is 24.3 Å². The van der Waals surface area contributed by atoms with Gasteiger partial charge in [-0.15, -0.1) is 11.3 Å². The van der Waals surface area contributed by atoms with E-state index in [-0.39, 0.29) is 5.91 Å². The number of benzene rings is 1. The van der Waals surface area contributed by atoms with Gasteiger partial charge in [0, 0.05) is 11.4 Å². The molecular weight excluding hydrogens is 310 g/mol. The van der Waals surface area contributed by atoms with Crippen molar-refractivity contribution in [3.8, 4) is 11.5 Å². The summed E-state index contributed by atoms with van der Waals surface area (Å²) in [4.78, 5) is 14.3. The van der Waals surface area contributed by atoms with Crippen molar-refractivity contribution >= 4 is 17.2 Å². The third-order valence-corrected chi connectivity index (χ3v) is 4.91. The lowest BCUT2D eigenvalue weighted by Crippen LogP contribution is -2.22. The van der Waals surface area contributed by atoms with Gasteiger partial charge < -0.3 is 14.8 Å². The molecule has 1 aromatic heterocycles. The van der Waals surface area contributed by atoms with E-state index in [2.05, 4.69) is 19.2 Å². The van der Waals surface area contributed by atoms with E-state index in [4.69, 9.17) is 9.47 Å². The molecule has 4 nitrogen and oxygen atoms in total. The van der Waals surface area contributed by atoms with Crippen molar-refractivity contribution < 1.29 is 14.3 Å². The smallest absolute Gasteiger partial charge is 0.261 e. The Hall–Kier alpha value is -2.01. The van der Waals surface area contributed by atoms with Gasteiger partial charge >= 0.3 is 0 Å². The van der Waals surface area contributed by atoms with Gasteiger partial charge in [-0.2, -0.15) is 0 Å². The van der Waals surface area contributed by atoms with Crippen LogP contribution in [0.4, 0.5) is 0 Å². The molecule has 0 atom stereocenters. The molecule has 1 N–H and O–H groups in total. The number of nitrogens with one attached hydrogen (secondary N) is 1. The summed E-state index contributed by atoms with van der Waals surface area (Å²) in [5.41, 5.74) is 2.28. The Morgan fingerprint density at radius 3 is 2.78 bits per heavy atom. The second-order valence-electron chi connectivity index (χ2n) is 5.60. The summed E-state index contributed by atoms with van der Waals surface area (Å²) in [5.74, 6) is 1.50. The number of hydrogen-bond donors (Lipinski definition) is 1. The second kappa shape index (κ2) is 7.04. The Balaban J connectivity index is 1.63. The quantitative estimate of drug-likeness (QED) is 0.908. The molecule has 2 aromatic rings. The van der Waals surface area contributed by atoms with Crippen LogP contribution in [0.1, 0.15) is 39.0 Å². The number of fused-ring (bicyclic) bond motifs is 1. The highest BCUT2D eigenvalue weighted by Gasteiger charge is 2.14. The summed E-state index contributed by atoms with van der Waals surface area (Å²) >= 11 is 1.56. The van der Waals surface area contributed by atoms with Crippen LogP contribution < -0.4 is 14.8 Å². The zero-order chi connectivity index (χ0) is 16.2. The molecule has 0 saturated carbocycles. The molecule has 23 heavy (non-hydrogen) atoms. The Morgan fingerprint density at radius 2 is 2.00 bits per heavy atom. The average molecular weight is 331 g/mol. The zero-order valence-electron chi connectivity index (χ0n) is 13.5. The normalized spacial score (nSPS) is 13.0. The van der Waals surface area contributed by atoms with E-state index in [1.165, 1.54) is 10.4 Å². The number of amides is 1. The van der Waals surface area contributed by atoms with Gasteiger partial charge in [0.1, 0.15) is 13.2 Å². The molecule has 0 spiro atoms. The van der Waals surface area contributed by atoms with E-state index < -0.39 is 0 Å². The van der Waals surface area contributed by atoms with Gasteiger partial charge in [0.2, 0.25) is 0 Å². The maximum absolute atomic E-state index is 12.3. The number of hydrogen-bond acceptors (Lipinski definition) is 4. The van der Waals surface area contributed by atoms with Crippen LogP contribution in [-0.2, 0) is 13.0 Å². The molecule has 0 unspecified atom stereocenters. The highest BCUT2D eigenvalue weighted by Crippen LogP contribution is 2.30. The lowest BCUT2D eigenvalue weighted by Gasteiger charge is -2.18. The largest absolute Gasteiger partial charge is 0.486 e. The molecule has 0 aliphatic carbocycles. The zero-order valence-corrected chi connectivity index (χ0v) is 14.3. The lowest BCUT2D eigenvalue weighted by molar-refractivity contribution is 0.0955. The molecule has 0 radical (unpaired) electrons. The number of aryl methyl sites for hydroxylation is 2. The molecule has 1 amide bonds. The fourth-order valence-electron chi connectivity index (χ4n) is 2.62. The minimum absolute atomic E-state index is 0.0182. The van der Waals surface area contributed by atoms with Gasteiger partial charge in [-0.05, 0) is 42.7 Å². The van der Waals surface area contributed by atoms with Crippen molar-refractivity contribution in [2.75, 3.05) is 13.2 Å². The van der Waals surface area contributed by atoms with Crippen molar-refractivity contribution in [2.45, 2.75) is 33.2 Å². The summed E-state index contributed by atoms with van der Waals surface area (Å²) < 4.78 is 11.1. The van der Waals surface area contributed by atoms with Crippen molar-refractivity contribution in [1.29, 1.82) is 0 Å². The average Bonchev–Trinajstić information content (AvgIpc) is 2.94. The van der Waals surface area contributed by atoms with Gasteiger partial charge in [0.25, 0.3) is 5.91 Å². The van der Waals surface area contributed by atoms with Gasteiger partial charge in [-0.3, -0.25) is 4.79 Å². The number of rotatable bonds is 5. The van der Waals surface area contributed by atoms with Crippen LogP contribution in [0.25, 0.3) is 0 Å². The maximum atomic E-state index is 12.3. The summed E-state index contributed by atoms with van der Waals surface area (Å²) in [6.07, 6.45) is 2.12. The lowest BCUT2D eigenvalue weighted by atomic mass is 10.1. The number of carbonyl (C=O) groups is 1. The van der Waals surface area contributed by atoms with E-state index in [0.29, 0.717) is 19.8 Å². The van der Waals surface area contributed by atoms with Crippen LogP contribution in [0.5, 0.6) is 11.5 Å². The maximum Gasteiger partial charge on any atom is 0.261 e. The number of ether oxygens (including phenoxy) is 2. The minimum atomic E-state index is -0.0182. The molecule has 0 bridgehead atoms. The fourth-order valence-corrected chi connectivity index (χ4v) is 3.60. The first kappa shape index (κ1) is 15.9. The van der Waals surface area contributed by atoms with E-state index in [9.17, 15) is 4.79 Å². The van der Waals surface area contributed by atoms with Crippen LogP contribution in [0.15, 0.2) is 24.3 Å². The summed E-state index contributed by atoms with van der Waals surface area (Å²) in [6, 6.07) is 7.79. The van der Waals surface area contributed by atoms with Crippen molar-refractivity contribution in [2.24, 2.45) is 0 Å². The van der Waals surface area contributed by atoms with Crippen LogP contribution in [0.3, 0.4) is 0 Å². The molecule has 1 aliphatic heterocycles. The first-order valence-electron chi connectivity index (χ1n) is 7.93. The number of carbonyl (C=O) groups excluding carboxylic acids is 1. The van der Waals surface area contributed by atoms with Crippen LogP contribution >= 0.6 is 11.3 Å². The standard InChI is InChI=1S/C18H21NO3S/c1-3-4-14-10-17(23-12(14)2)18(20)19-11-13-5-6-15-16(9-13)22-8-7-21-15/h5-6,9-10H,3-4,7-8,11H2,1-2H3,(H,19,20). The molecule has 1 aliphatic rings. The highest BCUT2D eigenvalue weighted by molar-refractivity contribution is 7.14. The van der Waals surface area contributed by atoms with Crippen molar-refractivity contribution in [3.63, 3.8) is 0 Å². The highest BCUT2D eigenvalue weighted by atomic mass is 32.1. The Labute approximate surface area is 140 Å². The SMILES string of the molecule is CCCc1cc(C(=O)NCc2ccc3c(c2)OCCO3)sc1C. The van der Waals surface area contributed by atoms with Crippen LogP contribution in [-0.4, -0.2) is 19.1 Å². The van der Waals surface area contributed by atoms with E-state index >= 15 is 0 Å². The second-order valence-corrected chi connectivity index (χ2v) is 6.86. The molecular formula is C18H21NO3S. The summed E-state index contributed by atoms with van der Waals surface area (Å²) in [6.45, 7) is 5.86. The predicted octanol–water partition coefficient (Wildman–Crippen LogP) is 3.71. The predicted molar refractivity (Wildman–Crippen MR) is 91.7 cm³/mol. The Kier molecular flexibility index (Phi) is 4.86. The van der Waals surface area contributed by atoms with Gasteiger partial charge in [-0.25, -0.2) is 0 Å². The molecule has 122 valence electrons. The third-order valence-electron chi connectivity index (χ3n) is 3.82. The van der Waals surface area contributed by atoms with Crippen LogP contribution in [0.2, 0.25) is 0 Å². The minimum Gasteiger partial charge on any atom is -0.486 e. The molecule has 3 rings (SSSR count). The third kappa shape index (κ3) is 3.67. The van der Waals surface area contributed by atoms with Gasteiger partial charge in [0.15, 0.2) is 11.5 Å². The Bertz CT molecular complexity index is 708.